The lowest BCUT2D eigenvalue weighted by atomic mass is 10.1. The van der Waals surface area contributed by atoms with E-state index < -0.39 is 0 Å². The Balaban J connectivity index is 3.70. The van der Waals surface area contributed by atoms with Gasteiger partial charge in [-0.25, -0.2) is 0 Å². The quantitative estimate of drug-likeness (QED) is 0.636. The minimum atomic E-state index is -0.355. The van der Waals surface area contributed by atoms with E-state index in [0.29, 0.717) is 6.61 Å². The fourth-order valence-electron chi connectivity index (χ4n) is 0.840. The minimum Gasteiger partial charge on any atom is -0.466 e. The zero-order valence-electron chi connectivity index (χ0n) is 9.91. The van der Waals surface area contributed by atoms with E-state index in [-0.39, 0.29) is 36.8 Å². The van der Waals surface area contributed by atoms with Crippen LogP contribution in [0, 0.1) is 5.92 Å². The maximum absolute atomic E-state index is 11.2. The Morgan fingerprint density at radius 1 is 1.07 bits per heavy atom. The van der Waals surface area contributed by atoms with Crippen molar-refractivity contribution < 1.29 is 19.1 Å². The summed E-state index contributed by atoms with van der Waals surface area (Å²) in [6, 6.07) is 0. The van der Waals surface area contributed by atoms with E-state index in [4.69, 9.17) is 9.47 Å². The number of esters is 2. The molecule has 0 aliphatic rings. The summed E-state index contributed by atoms with van der Waals surface area (Å²) >= 11 is 0. The van der Waals surface area contributed by atoms with Crippen molar-refractivity contribution >= 4 is 11.9 Å². The molecular weight excluding hydrogens is 196 g/mol. The molecule has 0 spiro atoms. The zero-order valence-corrected chi connectivity index (χ0v) is 9.91. The molecule has 0 saturated carbocycles. The van der Waals surface area contributed by atoms with Crippen molar-refractivity contribution in [3.63, 3.8) is 0 Å². The van der Waals surface area contributed by atoms with E-state index in [0.717, 1.165) is 0 Å². The Morgan fingerprint density at radius 3 is 2.07 bits per heavy atom. The fourth-order valence-corrected chi connectivity index (χ4v) is 0.840. The van der Waals surface area contributed by atoms with E-state index in [1.165, 1.54) is 0 Å². The van der Waals surface area contributed by atoms with Gasteiger partial charge in [-0.3, -0.25) is 9.59 Å². The molecule has 15 heavy (non-hydrogen) atoms. The molecule has 0 fully saturated rings. The number of carbonyl (C=O) groups is 2. The average molecular weight is 216 g/mol. The summed E-state index contributed by atoms with van der Waals surface area (Å²) in [5.41, 5.74) is 0. The van der Waals surface area contributed by atoms with Crippen LogP contribution in [0.5, 0.6) is 0 Å². The van der Waals surface area contributed by atoms with Gasteiger partial charge in [-0.1, -0.05) is 13.8 Å². The summed E-state index contributed by atoms with van der Waals surface area (Å²) in [6.45, 7) is 7.87. The first-order chi connectivity index (χ1) is 6.97. The van der Waals surface area contributed by atoms with Crippen LogP contribution in [0.3, 0.4) is 0 Å². The molecule has 1 atom stereocenters. The highest BCUT2D eigenvalue weighted by atomic mass is 16.5. The predicted octanol–water partition coefficient (Wildman–Crippen LogP) is 1.92. The topological polar surface area (TPSA) is 52.6 Å². The number of hydrogen-bond acceptors (Lipinski definition) is 4. The standard InChI is InChI=1S/C11H20O4/c1-5-14-10(12)6-7-11(13)15-9(4)8(2)3/h8-9H,5-7H2,1-4H3. The second-order valence-corrected chi connectivity index (χ2v) is 3.74. The van der Waals surface area contributed by atoms with E-state index in [1.807, 2.05) is 20.8 Å². The van der Waals surface area contributed by atoms with Gasteiger partial charge in [0.2, 0.25) is 0 Å². The largest absolute Gasteiger partial charge is 0.466 e. The number of hydrogen-bond donors (Lipinski definition) is 0. The van der Waals surface area contributed by atoms with Crippen LogP contribution in [0.4, 0.5) is 0 Å². The molecule has 0 aliphatic heterocycles. The monoisotopic (exact) mass is 216 g/mol. The van der Waals surface area contributed by atoms with Gasteiger partial charge in [-0.15, -0.1) is 0 Å². The Hall–Kier alpha value is -1.06. The van der Waals surface area contributed by atoms with Gasteiger partial charge in [-0.05, 0) is 19.8 Å². The van der Waals surface area contributed by atoms with E-state index in [2.05, 4.69) is 0 Å². The van der Waals surface area contributed by atoms with Gasteiger partial charge >= 0.3 is 11.9 Å². The molecule has 0 amide bonds. The molecule has 0 heterocycles. The summed E-state index contributed by atoms with van der Waals surface area (Å²) in [6.07, 6.45) is 0.0765. The molecule has 0 N–H and O–H groups in total. The molecule has 0 radical (unpaired) electrons. The van der Waals surface area contributed by atoms with Crippen LogP contribution >= 0.6 is 0 Å². The lowest BCUT2D eigenvalue weighted by Crippen LogP contribution is -2.20. The zero-order chi connectivity index (χ0) is 11.8. The van der Waals surface area contributed by atoms with Crippen LogP contribution in [0.15, 0.2) is 0 Å². The van der Waals surface area contributed by atoms with Gasteiger partial charge in [-0.2, -0.15) is 0 Å². The minimum absolute atomic E-state index is 0.0931. The first kappa shape index (κ1) is 13.9. The molecule has 88 valence electrons. The van der Waals surface area contributed by atoms with Crippen LogP contribution in [0.25, 0.3) is 0 Å². The Bertz CT molecular complexity index is 211. The average Bonchev–Trinajstić information content (AvgIpc) is 2.15. The summed E-state index contributed by atoms with van der Waals surface area (Å²) in [5.74, 6) is -0.410. The number of carbonyl (C=O) groups excluding carboxylic acids is 2. The maximum Gasteiger partial charge on any atom is 0.306 e. The van der Waals surface area contributed by atoms with Crippen LogP contribution in [-0.2, 0) is 19.1 Å². The van der Waals surface area contributed by atoms with E-state index in [9.17, 15) is 9.59 Å². The third kappa shape index (κ3) is 6.94. The molecule has 4 heteroatoms. The van der Waals surface area contributed by atoms with Crippen LogP contribution in [0.2, 0.25) is 0 Å². The van der Waals surface area contributed by atoms with Crippen molar-refractivity contribution in [1.29, 1.82) is 0 Å². The number of rotatable bonds is 6. The normalized spacial score (nSPS) is 12.3. The van der Waals surface area contributed by atoms with Crippen LogP contribution in [-0.4, -0.2) is 24.6 Å². The lowest BCUT2D eigenvalue weighted by Gasteiger charge is -2.16. The molecular formula is C11H20O4. The van der Waals surface area contributed by atoms with Crippen molar-refractivity contribution in [2.45, 2.75) is 46.6 Å². The maximum atomic E-state index is 11.2. The van der Waals surface area contributed by atoms with Gasteiger partial charge in [0, 0.05) is 0 Å². The third-order valence-electron chi connectivity index (χ3n) is 2.09. The van der Waals surface area contributed by atoms with Crippen molar-refractivity contribution in [3.8, 4) is 0 Å². The molecule has 0 rings (SSSR count). The first-order valence-electron chi connectivity index (χ1n) is 5.32. The van der Waals surface area contributed by atoms with Crippen molar-refractivity contribution in [2.24, 2.45) is 5.92 Å². The molecule has 0 aromatic heterocycles. The van der Waals surface area contributed by atoms with Gasteiger partial charge in [0.1, 0.15) is 6.10 Å². The summed E-state index contributed by atoms with van der Waals surface area (Å²) in [4.78, 5) is 22.2. The third-order valence-corrected chi connectivity index (χ3v) is 2.09. The SMILES string of the molecule is CCOC(=O)CCC(=O)OC(C)C(C)C. The smallest absolute Gasteiger partial charge is 0.306 e. The van der Waals surface area contributed by atoms with Crippen LogP contribution in [0.1, 0.15) is 40.5 Å². The highest BCUT2D eigenvalue weighted by molar-refractivity contribution is 5.77. The molecule has 4 nitrogen and oxygen atoms in total. The summed E-state index contributed by atoms with van der Waals surface area (Å²) in [7, 11) is 0. The molecule has 0 aromatic carbocycles. The molecule has 0 aliphatic carbocycles. The lowest BCUT2D eigenvalue weighted by molar-refractivity contribution is -0.154. The first-order valence-corrected chi connectivity index (χ1v) is 5.32. The van der Waals surface area contributed by atoms with Crippen molar-refractivity contribution in [2.75, 3.05) is 6.61 Å². The Labute approximate surface area is 90.9 Å². The highest BCUT2D eigenvalue weighted by Gasteiger charge is 2.14. The van der Waals surface area contributed by atoms with Crippen molar-refractivity contribution in [1.82, 2.24) is 0 Å². The second-order valence-electron chi connectivity index (χ2n) is 3.74. The Kier molecular flexibility index (Phi) is 6.75. The van der Waals surface area contributed by atoms with Crippen molar-refractivity contribution in [3.05, 3.63) is 0 Å². The van der Waals surface area contributed by atoms with Gasteiger partial charge in [0.25, 0.3) is 0 Å². The van der Waals surface area contributed by atoms with E-state index >= 15 is 0 Å². The molecule has 0 saturated heterocycles. The predicted molar refractivity (Wildman–Crippen MR) is 56.3 cm³/mol. The van der Waals surface area contributed by atoms with Crippen LogP contribution < -0.4 is 0 Å². The van der Waals surface area contributed by atoms with Gasteiger partial charge in [0.05, 0.1) is 19.4 Å². The second kappa shape index (κ2) is 7.26. The summed E-state index contributed by atoms with van der Waals surface area (Å²) in [5, 5.41) is 0. The number of ether oxygens (including phenoxy) is 2. The summed E-state index contributed by atoms with van der Waals surface area (Å²) < 4.78 is 9.79. The van der Waals surface area contributed by atoms with Gasteiger partial charge in [0.15, 0.2) is 0 Å². The molecule has 1 unspecified atom stereocenters. The Morgan fingerprint density at radius 2 is 1.60 bits per heavy atom. The molecule has 0 aromatic rings. The van der Waals surface area contributed by atoms with E-state index in [1.54, 1.807) is 6.92 Å². The fraction of sp³-hybridized carbons (Fsp3) is 0.818. The highest BCUT2D eigenvalue weighted by Crippen LogP contribution is 2.07. The molecule has 0 bridgehead atoms. The van der Waals surface area contributed by atoms with Gasteiger partial charge < -0.3 is 9.47 Å².